The van der Waals surface area contributed by atoms with Crippen LogP contribution in [0.3, 0.4) is 0 Å². The molecule has 0 bridgehead atoms. The zero-order chi connectivity index (χ0) is 19.4. The Bertz CT molecular complexity index is 955. The van der Waals surface area contributed by atoms with E-state index < -0.39 is 17.9 Å². The van der Waals surface area contributed by atoms with Gasteiger partial charge in [0.25, 0.3) is 5.91 Å². The first-order chi connectivity index (χ1) is 12.9. The smallest absolute Gasteiger partial charge is 0.255 e. The molecule has 0 aliphatic carbocycles. The Morgan fingerprint density at radius 3 is 2.44 bits per heavy atom. The number of carbonyl (C=O) groups is 2. The molecule has 2 aromatic carbocycles. The fraction of sp³-hybridized carbons (Fsp3) is 0.105. The van der Waals surface area contributed by atoms with Gasteiger partial charge in [0.2, 0.25) is 5.91 Å². The number of aromatic nitrogens is 2. The van der Waals surface area contributed by atoms with Crippen molar-refractivity contribution < 1.29 is 14.0 Å². The number of H-pyrrole nitrogens is 1. The maximum Gasteiger partial charge on any atom is 0.255 e. The first-order valence-electron chi connectivity index (χ1n) is 8.08. The zero-order valence-corrected chi connectivity index (χ0v) is 14.8. The van der Waals surface area contributed by atoms with Crippen LogP contribution < -0.4 is 11.1 Å². The van der Waals surface area contributed by atoms with Crippen molar-refractivity contribution >= 4 is 23.4 Å². The molecule has 1 heterocycles. The summed E-state index contributed by atoms with van der Waals surface area (Å²) in [5, 5.41) is 9.98. The van der Waals surface area contributed by atoms with E-state index >= 15 is 0 Å². The molecule has 2 amide bonds. The minimum atomic E-state index is -0.622. The van der Waals surface area contributed by atoms with E-state index in [4.69, 9.17) is 17.3 Å². The van der Waals surface area contributed by atoms with Crippen LogP contribution in [0.5, 0.6) is 0 Å². The van der Waals surface area contributed by atoms with Gasteiger partial charge < -0.3 is 11.1 Å². The summed E-state index contributed by atoms with van der Waals surface area (Å²) in [4.78, 5) is 24.2. The van der Waals surface area contributed by atoms with Crippen molar-refractivity contribution in [1.29, 1.82) is 0 Å². The molecular formula is C19H16ClFN4O2. The summed E-state index contributed by atoms with van der Waals surface area (Å²) in [6, 6.07) is 11.8. The van der Waals surface area contributed by atoms with Gasteiger partial charge in [-0.3, -0.25) is 14.7 Å². The van der Waals surface area contributed by atoms with Crippen molar-refractivity contribution in [2.45, 2.75) is 12.5 Å². The molecule has 138 valence electrons. The maximum atomic E-state index is 13.1. The van der Waals surface area contributed by atoms with Gasteiger partial charge in [0.15, 0.2) is 0 Å². The number of hydrogen-bond donors (Lipinski definition) is 3. The van der Waals surface area contributed by atoms with Crippen LogP contribution in [-0.4, -0.2) is 22.0 Å². The number of primary amides is 1. The molecule has 0 radical (unpaired) electrons. The summed E-state index contributed by atoms with van der Waals surface area (Å²) in [5.74, 6) is -1.38. The monoisotopic (exact) mass is 386 g/mol. The average Bonchev–Trinajstić information content (AvgIpc) is 3.12. The average molecular weight is 387 g/mol. The van der Waals surface area contributed by atoms with Crippen LogP contribution in [0.15, 0.2) is 54.7 Å². The lowest BCUT2D eigenvalue weighted by Gasteiger charge is -2.18. The SMILES string of the molecule is NC(=O)C[C@@H](NC(=O)c1cn[nH]c1-c1ccc(F)cc1)c1ccc(Cl)cc1. The van der Waals surface area contributed by atoms with Crippen LogP contribution in [0, 0.1) is 5.82 Å². The number of amides is 2. The first kappa shape index (κ1) is 18.6. The summed E-state index contributed by atoms with van der Waals surface area (Å²) >= 11 is 5.89. The van der Waals surface area contributed by atoms with Gasteiger partial charge in [-0.2, -0.15) is 5.10 Å². The second kappa shape index (κ2) is 8.01. The molecule has 27 heavy (non-hydrogen) atoms. The van der Waals surface area contributed by atoms with Gasteiger partial charge in [0.05, 0.1) is 29.9 Å². The van der Waals surface area contributed by atoms with Crippen LogP contribution in [0.4, 0.5) is 4.39 Å². The summed E-state index contributed by atoms with van der Waals surface area (Å²) < 4.78 is 13.1. The topological polar surface area (TPSA) is 101 Å². The third-order valence-electron chi connectivity index (χ3n) is 4.00. The Kier molecular flexibility index (Phi) is 5.52. The standard InChI is InChI=1S/C19H16ClFN4O2/c20-13-5-1-11(2-6-13)16(9-17(22)26)24-19(27)15-10-23-25-18(15)12-3-7-14(21)8-4-12/h1-8,10,16H,9H2,(H2,22,26)(H,23,25)(H,24,27)/t16-/m1/s1. The summed E-state index contributed by atoms with van der Waals surface area (Å²) in [7, 11) is 0. The van der Waals surface area contributed by atoms with E-state index in [1.54, 1.807) is 36.4 Å². The molecule has 6 nitrogen and oxygen atoms in total. The largest absolute Gasteiger partial charge is 0.370 e. The highest BCUT2D eigenvalue weighted by atomic mass is 35.5. The Morgan fingerprint density at radius 1 is 1.15 bits per heavy atom. The molecule has 0 fully saturated rings. The van der Waals surface area contributed by atoms with E-state index in [1.807, 2.05) is 0 Å². The summed E-state index contributed by atoms with van der Waals surface area (Å²) in [5.41, 5.74) is 7.34. The number of hydrogen-bond acceptors (Lipinski definition) is 3. The molecule has 0 spiro atoms. The molecule has 0 unspecified atom stereocenters. The molecule has 3 rings (SSSR count). The van der Waals surface area contributed by atoms with E-state index in [0.29, 0.717) is 21.8 Å². The van der Waals surface area contributed by atoms with Gasteiger partial charge in [0.1, 0.15) is 5.82 Å². The Hall–Kier alpha value is -3.19. The lowest BCUT2D eigenvalue weighted by molar-refractivity contribution is -0.118. The molecule has 0 saturated carbocycles. The second-order valence-corrected chi connectivity index (χ2v) is 6.35. The lowest BCUT2D eigenvalue weighted by Crippen LogP contribution is -2.31. The maximum absolute atomic E-state index is 13.1. The van der Waals surface area contributed by atoms with Gasteiger partial charge in [-0.15, -0.1) is 0 Å². The number of nitrogens with one attached hydrogen (secondary N) is 2. The van der Waals surface area contributed by atoms with E-state index in [0.717, 1.165) is 0 Å². The highest BCUT2D eigenvalue weighted by Crippen LogP contribution is 2.24. The van der Waals surface area contributed by atoms with Crippen molar-refractivity contribution in [3.05, 3.63) is 76.7 Å². The number of nitrogens with two attached hydrogens (primary N) is 1. The van der Waals surface area contributed by atoms with E-state index in [1.165, 1.54) is 18.3 Å². The number of halogens is 2. The predicted molar refractivity (Wildman–Crippen MR) is 99.5 cm³/mol. The Balaban J connectivity index is 1.86. The number of aromatic amines is 1. The van der Waals surface area contributed by atoms with Crippen molar-refractivity contribution in [2.75, 3.05) is 0 Å². The van der Waals surface area contributed by atoms with E-state index in [-0.39, 0.29) is 17.8 Å². The van der Waals surface area contributed by atoms with Crippen LogP contribution in [-0.2, 0) is 4.79 Å². The molecule has 0 aliphatic rings. The normalized spacial score (nSPS) is 11.8. The first-order valence-corrected chi connectivity index (χ1v) is 8.46. The number of rotatable bonds is 6. The van der Waals surface area contributed by atoms with Gasteiger partial charge >= 0.3 is 0 Å². The highest BCUT2D eigenvalue weighted by Gasteiger charge is 2.21. The number of carbonyl (C=O) groups excluding carboxylic acids is 2. The van der Waals surface area contributed by atoms with E-state index in [2.05, 4.69) is 15.5 Å². The van der Waals surface area contributed by atoms with Crippen molar-refractivity contribution in [3.63, 3.8) is 0 Å². The quantitative estimate of drug-likeness (QED) is 0.606. The zero-order valence-electron chi connectivity index (χ0n) is 14.1. The second-order valence-electron chi connectivity index (χ2n) is 5.91. The Labute approximate surface area is 159 Å². The summed E-state index contributed by atoms with van der Waals surface area (Å²) in [6.45, 7) is 0. The molecule has 3 aromatic rings. The molecule has 8 heteroatoms. The molecular weight excluding hydrogens is 371 g/mol. The molecule has 0 aliphatic heterocycles. The van der Waals surface area contributed by atoms with Gasteiger partial charge in [-0.05, 0) is 42.0 Å². The van der Waals surface area contributed by atoms with E-state index in [9.17, 15) is 14.0 Å². The minimum Gasteiger partial charge on any atom is -0.370 e. The number of nitrogens with zero attached hydrogens (tertiary/aromatic N) is 1. The van der Waals surface area contributed by atoms with Crippen molar-refractivity contribution in [3.8, 4) is 11.3 Å². The fourth-order valence-electron chi connectivity index (χ4n) is 2.68. The number of benzene rings is 2. The third kappa shape index (κ3) is 4.51. The van der Waals surface area contributed by atoms with Crippen LogP contribution >= 0.6 is 11.6 Å². The lowest BCUT2D eigenvalue weighted by atomic mass is 10.0. The molecule has 0 saturated heterocycles. The van der Waals surface area contributed by atoms with Gasteiger partial charge in [0, 0.05) is 10.6 Å². The van der Waals surface area contributed by atoms with Crippen LogP contribution in [0.2, 0.25) is 5.02 Å². The Morgan fingerprint density at radius 2 is 1.81 bits per heavy atom. The van der Waals surface area contributed by atoms with Crippen molar-refractivity contribution in [2.24, 2.45) is 5.73 Å². The van der Waals surface area contributed by atoms with Crippen molar-refractivity contribution in [1.82, 2.24) is 15.5 Å². The third-order valence-corrected chi connectivity index (χ3v) is 4.25. The van der Waals surface area contributed by atoms with Crippen LogP contribution in [0.25, 0.3) is 11.3 Å². The fourth-order valence-corrected chi connectivity index (χ4v) is 2.81. The van der Waals surface area contributed by atoms with Gasteiger partial charge in [-0.25, -0.2) is 4.39 Å². The predicted octanol–water partition coefficient (Wildman–Crippen LogP) is 3.22. The van der Waals surface area contributed by atoms with Gasteiger partial charge in [-0.1, -0.05) is 23.7 Å². The molecule has 1 atom stereocenters. The molecule has 4 N–H and O–H groups in total. The summed E-state index contributed by atoms with van der Waals surface area (Å²) in [6.07, 6.45) is 1.30. The highest BCUT2D eigenvalue weighted by molar-refractivity contribution is 6.30. The molecule has 1 aromatic heterocycles. The van der Waals surface area contributed by atoms with Crippen LogP contribution in [0.1, 0.15) is 28.4 Å². The minimum absolute atomic E-state index is 0.0723.